The molecule has 0 aromatic heterocycles. The third-order valence-electron chi connectivity index (χ3n) is 5.32. The molecule has 0 bridgehead atoms. The Labute approximate surface area is 152 Å². The summed E-state index contributed by atoms with van der Waals surface area (Å²) in [6, 6.07) is 6.50. The number of anilines is 1. The summed E-state index contributed by atoms with van der Waals surface area (Å²) >= 11 is 0. The predicted octanol–water partition coefficient (Wildman–Crippen LogP) is 4.09. The van der Waals surface area contributed by atoms with Crippen molar-refractivity contribution in [3.63, 3.8) is 0 Å². The van der Waals surface area contributed by atoms with Crippen LogP contribution in [-0.2, 0) is 16.0 Å². The topological polar surface area (TPSA) is 40.6 Å². The molecule has 2 amide bonds. The van der Waals surface area contributed by atoms with Crippen LogP contribution in [0.15, 0.2) is 18.2 Å². The average Bonchev–Trinajstić information content (AvgIpc) is 2.62. The van der Waals surface area contributed by atoms with E-state index in [1.165, 1.54) is 6.42 Å². The van der Waals surface area contributed by atoms with E-state index in [0.717, 1.165) is 49.0 Å². The van der Waals surface area contributed by atoms with Crippen LogP contribution < -0.4 is 4.90 Å². The first-order chi connectivity index (χ1) is 12.0. The monoisotopic (exact) mass is 344 g/mol. The van der Waals surface area contributed by atoms with Crippen molar-refractivity contribution in [2.24, 2.45) is 0 Å². The van der Waals surface area contributed by atoms with Gasteiger partial charge >= 0.3 is 0 Å². The Morgan fingerprint density at radius 3 is 2.64 bits per heavy atom. The van der Waals surface area contributed by atoms with E-state index in [-0.39, 0.29) is 11.8 Å². The molecule has 0 radical (unpaired) electrons. The van der Waals surface area contributed by atoms with Gasteiger partial charge in [0.05, 0.1) is 0 Å². The molecule has 1 heterocycles. The quantitative estimate of drug-likeness (QED) is 0.780. The Hall–Kier alpha value is -1.84. The van der Waals surface area contributed by atoms with Crippen LogP contribution >= 0.6 is 0 Å². The zero-order chi connectivity index (χ0) is 18.4. The number of likely N-dealkylation sites (tertiary alicyclic amines) is 1. The Morgan fingerprint density at radius 1 is 1.24 bits per heavy atom. The second-order valence-corrected chi connectivity index (χ2v) is 7.00. The summed E-state index contributed by atoms with van der Waals surface area (Å²) in [5, 5.41) is 0. The van der Waals surface area contributed by atoms with Crippen LogP contribution in [0.25, 0.3) is 0 Å². The summed E-state index contributed by atoms with van der Waals surface area (Å²) in [7, 11) is 0. The molecule has 1 aliphatic rings. The number of nitrogens with zero attached hydrogens (tertiary/aromatic N) is 2. The highest BCUT2D eigenvalue weighted by Crippen LogP contribution is 2.27. The van der Waals surface area contributed by atoms with Crippen molar-refractivity contribution in [1.82, 2.24) is 4.90 Å². The number of para-hydroxylation sites is 1. The van der Waals surface area contributed by atoms with Crippen LogP contribution in [0.4, 0.5) is 5.69 Å². The number of hydrogen-bond donors (Lipinski definition) is 0. The molecule has 0 saturated carbocycles. The number of hydrogen-bond acceptors (Lipinski definition) is 2. The maximum atomic E-state index is 12.8. The summed E-state index contributed by atoms with van der Waals surface area (Å²) in [5.74, 6) is 0.187. The molecular weight excluding hydrogens is 312 g/mol. The van der Waals surface area contributed by atoms with E-state index in [1.807, 2.05) is 24.0 Å². The number of piperidine rings is 1. The summed E-state index contributed by atoms with van der Waals surface area (Å²) in [5.41, 5.74) is 3.23. The minimum absolute atomic E-state index is 0.00230. The fraction of sp³-hybridized carbons (Fsp3) is 0.619. The molecule has 1 saturated heterocycles. The third-order valence-corrected chi connectivity index (χ3v) is 5.32. The number of carbonyl (C=O) groups is 2. The zero-order valence-corrected chi connectivity index (χ0v) is 16.2. The van der Waals surface area contributed by atoms with Gasteiger partial charge in [-0.05, 0) is 50.2 Å². The molecule has 1 fully saturated rings. The number of amides is 2. The first-order valence-corrected chi connectivity index (χ1v) is 9.65. The molecule has 1 atom stereocenters. The number of aryl methyl sites for hydroxylation is 2. The van der Waals surface area contributed by atoms with Crippen LogP contribution in [0.2, 0.25) is 0 Å². The van der Waals surface area contributed by atoms with Crippen LogP contribution in [0.1, 0.15) is 64.0 Å². The van der Waals surface area contributed by atoms with E-state index in [9.17, 15) is 9.59 Å². The SMILES string of the molecule is CCc1cccc(C)c1N(CCC(=O)N1CCCCC1CC)C(C)=O. The normalized spacial score (nSPS) is 17.4. The second kappa shape index (κ2) is 9.02. The summed E-state index contributed by atoms with van der Waals surface area (Å²) in [6.45, 7) is 9.19. The molecule has 1 aliphatic heterocycles. The molecule has 4 nitrogen and oxygen atoms in total. The largest absolute Gasteiger partial charge is 0.340 e. The van der Waals surface area contributed by atoms with Gasteiger partial charge < -0.3 is 9.80 Å². The average molecular weight is 344 g/mol. The Kier molecular flexibility index (Phi) is 7.03. The first kappa shape index (κ1) is 19.5. The highest BCUT2D eigenvalue weighted by molar-refractivity contribution is 5.94. The van der Waals surface area contributed by atoms with Crippen molar-refractivity contribution in [2.75, 3.05) is 18.0 Å². The summed E-state index contributed by atoms with van der Waals surface area (Å²) in [6.07, 6.45) is 5.70. The van der Waals surface area contributed by atoms with Gasteiger partial charge in [-0.1, -0.05) is 32.0 Å². The first-order valence-electron chi connectivity index (χ1n) is 9.65. The molecule has 2 rings (SSSR count). The van der Waals surface area contributed by atoms with Gasteiger partial charge in [-0.3, -0.25) is 9.59 Å². The fourth-order valence-corrected chi connectivity index (χ4v) is 3.92. The lowest BCUT2D eigenvalue weighted by Crippen LogP contribution is -2.45. The molecule has 25 heavy (non-hydrogen) atoms. The van der Waals surface area contributed by atoms with Crippen molar-refractivity contribution in [3.05, 3.63) is 29.3 Å². The minimum atomic E-state index is 0.00230. The van der Waals surface area contributed by atoms with Gasteiger partial charge in [0.2, 0.25) is 11.8 Å². The molecule has 0 N–H and O–H groups in total. The Bertz CT molecular complexity index is 612. The van der Waals surface area contributed by atoms with Crippen molar-refractivity contribution >= 4 is 17.5 Å². The third kappa shape index (κ3) is 4.62. The van der Waals surface area contributed by atoms with Crippen molar-refractivity contribution in [2.45, 2.75) is 72.3 Å². The van der Waals surface area contributed by atoms with Crippen LogP contribution in [0.5, 0.6) is 0 Å². The van der Waals surface area contributed by atoms with E-state index in [4.69, 9.17) is 0 Å². The van der Waals surface area contributed by atoms with Gasteiger partial charge in [-0.15, -0.1) is 0 Å². The van der Waals surface area contributed by atoms with Crippen LogP contribution in [-0.4, -0.2) is 35.8 Å². The molecule has 1 aromatic carbocycles. The van der Waals surface area contributed by atoms with E-state index in [0.29, 0.717) is 19.0 Å². The maximum absolute atomic E-state index is 12.8. The van der Waals surface area contributed by atoms with Crippen LogP contribution in [0.3, 0.4) is 0 Å². The lowest BCUT2D eigenvalue weighted by atomic mass is 9.99. The summed E-state index contributed by atoms with van der Waals surface area (Å²) < 4.78 is 0. The van der Waals surface area contributed by atoms with Gasteiger partial charge in [-0.25, -0.2) is 0 Å². The lowest BCUT2D eigenvalue weighted by Gasteiger charge is -2.36. The number of rotatable bonds is 6. The highest BCUT2D eigenvalue weighted by Gasteiger charge is 2.26. The molecule has 138 valence electrons. The van der Waals surface area contributed by atoms with E-state index in [1.54, 1.807) is 11.8 Å². The van der Waals surface area contributed by atoms with Crippen molar-refractivity contribution in [3.8, 4) is 0 Å². The van der Waals surface area contributed by atoms with E-state index < -0.39 is 0 Å². The highest BCUT2D eigenvalue weighted by atomic mass is 16.2. The van der Waals surface area contributed by atoms with Gasteiger partial charge in [0.25, 0.3) is 0 Å². The second-order valence-electron chi connectivity index (χ2n) is 7.00. The molecule has 1 aromatic rings. The molecular formula is C21H32N2O2. The van der Waals surface area contributed by atoms with Crippen molar-refractivity contribution < 1.29 is 9.59 Å². The molecule has 1 unspecified atom stereocenters. The zero-order valence-electron chi connectivity index (χ0n) is 16.2. The van der Waals surface area contributed by atoms with Gasteiger partial charge in [0.15, 0.2) is 0 Å². The lowest BCUT2D eigenvalue weighted by molar-refractivity contribution is -0.134. The predicted molar refractivity (Wildman–Crippen MR) is 103 cm³/mol. The van der Waals surface area contributed by atoms with E-state index in [2.05, 4.69) is 19.9 Å². The molecule has 0 aliphatic carbocycles. The van der Waals surface area contributed by atoms with Gasteiger partial charge in [-0.2, -0.15) is 0 Å². The van der Waals surface area contributed by atoms with Gasteiger partial charge in [0.1, 0.15) is 0 Å². The summed E-state index contributed by atoms with van der Waals surface area (Å²) in [4.78, 5) is 28.9. The standard InChI is InChI=1S/C21H32N2O2/c1-5-18-11-9-10-16(3)21(18)22(17(4)24)15-13-20(25)23-14-8-7-12-19(23)6-2/h9-11,19H,5-8,12-15H2,1-4H3. The van der Waals surface area contributed by atoms with Crippen LogP contribution in [0, 0.1) is 6.92 Å². The Morgan fingerprint density at radius 2 is 2.00 bits per heavy atom. The fourth-order valence-electron chi connectivity index (χ4n) is 3.92. The maximum Gasteiger partial charge on any atom is 0.224 e. The van der Waals surface area contributed by atoms with E-state index >= 15 is 0 Å². The van der Waals surface area contributed by atoms with Gasteiger partial charge in [0, 0.05) is 38.2 Å². The smallest absolute Gasteiger partial charge is 0.224 e. The number of carbonyl (C=O) groups excluding carboxylic acids is 2. The molecule has 4 heteroatoms. The van der Waals surface area contributed by atoms with Crippen molar-refractivity contribution in [1.29, 1.82) is 0 Å². The number of benzene rings is 1. The molecule has 0 spiro atoms. The minimum Gasteiger partial charge on any atom is -0.340 e. The Balaban J connectivity index is 2.13.